The number of benzene rings is 2. The number of hydrogen-bond donors (Lipinski definition) is 2. The molecule has 0 saturated carbocycles. The van der Waals surface area contributed by atoms with E-state index < -0.39 is 29.2 Å². The summed E-state index contributed by atoms with van der Waals surface area (Å²) in [5, 5.41) is 2.41. The van der Waals surface area contributed by atoms with Crippen molar-refractivity contribution in [1.29, 1.82) is 0 Å². The van der Waals surface area contributed by atoms with Crippen LogP contribution in [-0.4, -0.2) is 52.9 Å². The fourth-order valence-electron chi connectivity index (χ4n) is 3.94. The quantitative estimate of drug-likeness (QED) is 0.548. The number of aromatic nitrogens is 2. The number of ether oxygens (including phenoxy) is 1. The van der Waals surface area contributed by atoms with Crippen molar-refractivity contribution in [3.8, 4) is 0 Å². The Labute approximate surface area is 192 Å². The van der Waals surface area contributed by atoms with Gasteiger partial charge in [0, 0.05) is 18.8 Å². The normalized spacial score (nSPS) is 13.8. The first-order chi connectivity index (χ1) is 16.2. The van der Waals surface area contributed by atoms with Gasteiger partial charge in [0.2, 0.25) is 5.91 Å². The number of nitrogens with one attached hydrogen (secondary N) is 2. The molecule has 8 nitrogen and oxygen atoms in total. The summed E-state index contributed by atoms with van der Waals surface area (Å²) in [6.07, 6.45) is -2.83. The number of carbonyl (C=O) groups excluding carboxylic acids is 3. The SMILES string of the molecule is COC(=O)c1cc(NC(=O)c2ccccc2C(F)(F)F)cc2[nH]c(CC(=O)N3CCCC3)nc12. The highest BCUT2D eigenvalue weighted by Crippen LogP contribution is 2.32. The number of halogens is 3. The molecule has 4 rings (SSSR count). The molecule has 34 heavy (non-hydrogen) atoms. The van der Waals surface area contributed by atoms with Gasteiger partial charge >= 0.3 is 12.1 Å². The molecule has 0 unspecified atom stereocenters. The Kier molecular flexibility index (Phi) is 6.27. The van der Waals surface area contributed by atoms with Gasteiger partial charge in [0.25, 0.3) is 5.91 Å². The number of carbonyl (C=O) groups is 3. The number of aromatic amines is 1. The molecule has 178 valence electrons. The van der Waals surface area contributed by atoms with Gasteiger partial charge in [-0.1, -0.05) is 12.1 Å². The van der Waals surface area contributed by atoms with Gasteiger partial charge < -0.3 is 19.9 Å². The van der Waals surface area contributed by atoms with E-state index in [4.69, 9.17) is 4.74 Å². The van der Waals surface area contributed by atoms with Crippen LogP contribution < -0.4 is 5.32 Å². The van der Waals surface area contributed by atoms with Crippen molar-refractivity contribution in [3.05, 3.63) is 58.9 Å². The number of amides is 2. The number of alkyl halides is 3. The fourth-order valence-corrected chi connectivity index (χ4v) is 3.94. The molecule has 1 aliphatic rings. The van der Waals surface area contributed by atoms with Gasteiger partial charge in [-0.25, -0.2) is 9.78 Å². The summed E-state index contributed by atoms with van der Waals surface area (Å²) in [6.45, 7) is 1.37. The zero-order valence-corrected chi connectivity index (χ0v) is 18.2. The zero-order valence-electron chi connectivity index (χ0n) is 18.2. The second-order valence-electron chi connectivity index (χ2n) is 7.86. The molecule has 1 fully saturated rings. The maximum atomic E-state index is 13.3. The summed E-state index contributed by atoms with van der Waals surface area (Å²) in [5.74, 6) is -1.52. The molecule has 11 heteroatoms. The lowest BCUT2D eigenvalue weighted by Crippen LogP contribution is -2.29. The maximum Gasteiger partial charge on any atom is 0.417 e. The third kappa shape index (κ3) is 4.73. The summed E-state index contributed by atoms with van der Waals surface area (Å²) in [6, 6.07) is 7.11. The largest absolute Gasteiger partial charge is 0.465 e. The summed E-state index contributed by atoms with van der Waals surface area (Å²) in [7, 11) is 1.17. The van der Waals surface area contributed by atoms with E-state index in [9.17, 15) is 27.6 Å². The van der Waals surface area contributed by atoms with Crippen molar-refractivity contribution < 1.29 is 32.3 Å². The molecular weight excluding hydrogens is 453 g/mol. The van der Waals surface area contributed by atoms with Crippen LogP contribution in [0, 0.1) is 0 Å². The van der Waals surface area contributed by atoms with Gasteiger partial charge in [0.1, 0.15) is 11.3 Å². The molecule has 2 N–H and O–H groups in total. The Hall–Kier alpha value is -3.89. The highest BCUT2D eigenvalue weighted by molar-refractivity contribution is 6.09. The van der Waals surface area contributed by atoms with E-state index >= 15 is 0 Å². The molecule has 2 aromatic carbocycles. The number of hydrogen-bond acceptors (Lipinski definition) is 5. The number of methoxy groups -OCH3 is 1. The number of imidazole rings is 1. The average molecular weight is 474 g/mol. The van der Waals surface area contributed by atoms with Gasteiger partial charge in [-0.2, -0.15) is 13.2 Å². The monoisotopic (exact) mass is 474 g/mol. The van der Waals surface area contributed by atoms with E-state index in [1.165, 1.54) is 31.4 Å². The third-order valence-corrected chi connectivity index (χ3v) is 5.55. The number of nitrogens with zero attached hydrogens (tertiary/aromatic N) is 2. The smallest absolute Gasteiger partial charge is 0.417 e. The summed E-state index contributed by atoms with van der Waals surface area (Å²) >= 11 is 0. The number of likely N-dealkylation sites (tertiary alicyclic amines) is 1. The first-order valence-corrected chi connectivity index (χ1v) is 10.5. The molecule has 0 bridgehead atoms. The maximum absolute atomic E-state index is 13.3. The van der Waals surface area contributed by atoms with Crippen LogP contribution in [0.3, 0.4) is 0 Å². The van der Waals surface area contributed by atoms with Crippen molar-refractivity contribution in [3.63, 3.8) is 0 Å². The Balaban J connectivity index is 1.66. The van der Waals surface area contributed by atoms with Gasteiger partial charge in [0.15, 0.2) is 0 Å². The predicted octanol–water partition coefficient (Wildman–Crippen LogP) is 3.79. The van der Waals surface area contributed by atoms with Gasteiger partial charge in [-0.05, 0) is 37.1 Å². The summed E-state index contributed by atoms with van der Waals surface area (Å²) in [4.78, 5) is 46.5. The summed E-state index contributed by atoms with van der Waals surface area (Å²) in [5.41, 5.74) is -1.02. The van der Waals surface area contributed by atoms with E-state index in [-0.39, 0.29) is 29.1 Å². The zero-order chi connectivity index (χ0) is 24.5. The lowest BCUT2D eigenvalue weighted by Gasteiger charge is -2.13. The molecule has 2 heterocycles. The highest BCUT2D eigenvalue weighted by atomic mass is 19.4. The molecule has 2 amide bonds. The van der Waals surface area contributed by atoms with Crippen LogP contribution in [0.25, 0.3) is 11.0 Å². The van der Waals surface area contributed by atoms with Crippen LogP contribution in [0.4, 0.5) is 18.9 Å². The Morgan fingerprint density at radius 3 is 2.50 bits per heavy atom. The van der Waals surface area contributed by atoms with E-state index in [1.54, 1.807) is 4.90 Å². The number of fused-ring (bicyclic) bond motifs is 1. The predicted molar refractivity (Wildman–Crippen MR) is 116 cm³/mol. The van der Waals surface area contributed by atoms with Crippen molar-refractivity contribution in [1.82, 2.24) is 14.9 Å². The Morgan fingerprint density at radius 1 is 1.12 bits per heavy atom. The number of H-pyrrole nitrogens is 1. The Bertz CT molecular complexity index is 1260. The minimum atomic E-state index is -4.71. The molecule has 0 aliphatic carbocycles. The van der Waals surface area contributed by atoms with Gasteiger partial charge in [-0.3, -0.25) is 9.59 Å². The van der Waals surface area contributed by atoms with Crippen molar-refractivity contribution in [2.24, 2.45) is 0 Å². The van der Waals surface area contributed by atoms with Crippen LogP contribution in [0.1, 0.15) is 44.9 Å². The van der Waals surface area contributed by atoms with Gasteiger partial charge in [-0.15, -0.1) is 0 Å². The number of esters is 1. The lowest BCUT2D eigenvalue weighted by molar-refractivity contribution is -0.138. The van der Waals surface area contributed by atoms with Crippen LogP contribution in [0.2, 0.25) is 0 Å². The van der Waals surface area contributed by atoms with Crippen molar-refractivity contribution in [2.45, 2.75) is 25.4 Å². The highest BCUT2D eigenvalue weighted by Gasteiger charge is 2.35. The summed E-state index contributed by atoms with van der Waals surface area (Å²) < 4.78 is 44.7. The second kappa shape index (κ2) is 9.16. The van der Waals surface area contributed by atoms with Crippen molar-refractivity contribution in [2.75, 3.05) is 25.5 Å². The van der Waals surface area contributed by atoms with E-state index in [0.717, 1.165) is 25.0 Å². The van der Waals surface area contributed by atoms with Crippen LogP contribution in [-0.2, 0) is 22.1 Å². The number of rotatable bonds is 5. The fraction of sp³-hybridized carbons (Fsp3) is 0.304. The van der Waals surface area contributed by atoms with Crippen LogP contribution in [0.5, 0.6) is 0 Å². The minimum absolute atomic E-state index is 0.00402. The topological polar surface area (TPSA) is 104 Å². The third-order valence-electron chi connectivity index (χ3n) is 5.55. The molecule has 1 aliphatic heterocycles. The molecule has 3 aromatic rings. The lowest BCUT2D eigenvalue weighted by atomic mass is 10.1. The van der Waals surface area contributed by atoms with E-state index in [2.05, 4.69) is 15.3 Å². The molecule has 0 spiro atoms. The molecule has 0 radical (unpaired) electrons. The number of anilines is 1. The molecule has 1 saturated heterocycles. The van der Waals surface area contributed by atoms with Crippen LogP contribution in [0.15, 0.2) is 36.4 Å². The van der Waals surface area contributed by atoms with Crippen LogP contribution >= 0.6 is 0 Å². The first-order valence-electron chi connectivity index (χ1n) is 10.5. The minimum Gasteiger partial charge on any atom is -0.465 e. The van der Waals surface area contributed by atoms with Crippen molar-refractivity contribution >= 4 is 34.5 Å². The molecular formula is C23H21F3N4O4. The first kappa shape index (κ1) is 23.3. The standard InChI is InChI=1S/C23H21F3N4O4/c1-34-22(33)15-10-13(27-21(32)14-6-2-3-7-16(14)23(24,25)26)11-17-20(15)29-18(28-17)12-19(31)30-8-4-5-9-30/h2-3,6-7,10-11H,4-5,8-9,12H2,1H3,(H,27,32)(H,28,29). The average Bonchev–Trinajstić information content (AvgIpc) is 3.47. The Morgan fingerprint density at radius 2 is 1.82 bits per heavy atom. The second-order valence-corrected chi connectivity index (χ2v) is 7.86. The molecule has 1 aromatic heterocycles. The van der Waals surface area contributed by atoms with E-state index in [1.807, 2.05) is 0 Å². The van der Waals surface area contributed by atoms with E-state index in [0.29, 0.717) is 24.4 Å². The van der Waals surface area contributed by atoms with Gasteiger partial charge in [0.05, 0.1) is 35.7 Å². The molecule has 0 atom stereocenters.